The SMILES string of the molecule is COCCC(=O)NC(C)c1nnc2n1CCN(Cc1cc(C)cc(C)c1)CC2. The van der Waals surface area contributed by atoms with Crippen molar-refractivity contribution in [1.82, 2.24) is 25.0 Å². The van der Waals surface area contributed by atoms with Crippen LogP contribution in [0.15, 0.2) is 18.2 Å². The van der Waals surface area contributed by atoms with E-state index in [1.165, 1.54) is 16.7 Å². The number of rotatable bonds is 7. The number of aryl methyl sites for hydroxylation is 2. The van der Waals surface area contributed by atoms with E-state index in [2.05, 4.69) is 57.0 Å². The van der Waals surface area contributed by atoms with Gasteiger partial charge in [0.05, 0.1) is 12.6 Å². The highest BCUT2D eigenvalue weighted by atomic mass is 16.5. The number of nitrogens with one attached hydrogen (secondary N) is 1. The van der Waals surface area contributed by atoms with Crippen LogP contribution in [0.4, 0.5) is 0 Å². The van der Waals surface area contributed by atoms with Crippen LogP contribution in [0.2, 0.25) is 0 Å². The van der Waals surface area contributed by atoms with Crippen molar-refractivity contribution in [2.45, 2.75) is 52.7 Å². The van der Waals surface area contributed by atoms with Crippen molar-refractivity contribution >= 4 is 5.91 Å². The molecule has 0 saturated carbocycles. The summed E-state index contributed by atoms with van der Waals surface area (Å²) >= 11 is 0. The number of ether oxygens (including phenoxy) is 1. The number of carbonyl (C=O) groups is 1. The molecule has 1 aromatic carbocycles. The van der Waals surface area contributed by atoms with Crippen molar-refractivity contribution in [3.8, 4) is 0 Å². The summed E-state index contributed by atoms with van der Waals surface area (Å²) in [7, 11) is 1.60. The Kier molecular flexibility index (Phi) is 6.80. The van der Waals surface area contributed by atoms with Gasteiger partial charge in [0, 0.05) is 46.1 Å². The molecule has 0 aliphatic carbocycles. The summed E-state index contributed by atoms with van der Waals surface area (Å²) in [5, 5.41) is 11.7. The molecule has 1 aliphatic rings. The third-order valence-electron chi connectivity index (χ3n) is 5.13. The highest BCUT2D eigenvalue weighted by molar-refractivity contribution is 5.76. The van der Waals surface area contributed by atoms with Crippen molar-refractivity contribution in [1.29, 1.82) is 0 Å². The van der Waals surface area contributed by atoms with Gasteiger partial charge in [0.1, 0.15) is 5.82 Å². The van der Waals surface area contributed by atoms with Crippen molar-refractivity contribution in [3.05, 3.63) is 46.5 Å². The predicted octanol–water partition coefficient (Wildman–Crippen LogP) is 2.17. The first-order valence-corrected chi connectivity index (χ1v) is 9.96. The normalized spacial score (nSPS) is 15.7. The van der Waals surface area contributed by atoms with Crippen molar-refractivity contribution in [2.75, 3.05) is 26.8 Å². The Morgan fingerprint density at radius 2 is 1.93 bits per heavy atom. The number of aromatic nitrogens is 3. The van der Waals surface area contributed by atoms with Crippen molar-refractivity contribution in [2.24, 2.45) is 0 Å². The van der Waals surface area contributed by atoms with Gasteiger partial charge in [-0.05, 0) is 26.3 Å². The Morgan fingerprint density at radius 3 is 2.64 bits per heavy atom. The van der Waals surface area contributed by atoms with Crippen LogP contribution in [-0.4, -0.2) is 52.4 Å². The topological polar surface area (TPSA) is 72.3 Å². The van der Waals surface area contributed by atoms with Crippen LogP contribution >= 0.6 is 0 Å². The first-order chi connectivity index (χ1) is 13.5. The zero-order valence-electron chi connectivity index (χ0n) is 17.4. The van der Waals surface area contributed by atoms with Gasteiger partial charge in [-0.15, -0.1) is 10.2 Å². The maximum atomic E-state index is 12.0. The molecular formula is C21H31N5O2. The molecule has 152 valence electrons. The largest absolute Gasteiger partial charge is 0.384 e. The van der Waals surface area contributed by atoms with Crippen LogP contribution in [0.3, 0.4) is 0 Å². The Hall–Kier alpha value is -2.25. The number of fused-ring (bicyclic) bond motifs is 1. The Bertz CT molecular complexity index is 797. The van der Waals surface area contributed by atoms with Gasteiger partial charge in [0.2, 0.25) is 5.91 Å². The van der Waals surface area contributed by atoms with E-state index in [-0.39, 0.29) is 11.9 Å². The first kappa shape index (κ1) is 20.5. The smallest absolute Gasteiger partial charge is 0.222 e. The molecular weight excluding hydrogens is 354 g/mol. The van der Waals surface area contributed by atoms with E-state index in [1.54, 1.807) is 7.11 Å². The summed E-state index contributed by atoms with van der Waals surface area (Å²) in [6.07, 6.45) is 1.22. The van der Waals surface area contributed by atoms with Crippen LogP contribution in [0.1, 0.15) is 47.7 Å². The van der Waals surface area contributed by atoms with Crippen LogP contribution in [0.25, 0.3) is 0 Å². The molecule has 1 atom stereocenters. The van der Waals surface area contributed by atoms with E-state index in [0.29, 0.717) is 13.0 Å². The van der Waals surface area contributed by atoms with Crippen LogP contribution in [0, 0.1) is 13.8 Å². The quantitative estimate of drug-likeness (QED) is 0.791. The molecule has 2 heterocycles. The molecule has 7 heteroatoms. The molecule has 0 radical (unpaired) electrons. The number of carbonyl (C=O) groups excluding carboxylic acids is 1. The zero-order valence-corrected chi connectivity index (χ0v) is 17.4. The number of hydrogen-bond donors (Lipinski definition) is 1. The monoisotopic (exact) mass is 385 g/mol. The van der Waals surface area contributed by atoms with E-state index in [1.807, 2.05) is 6.92 Å². The van der Waals surface area contributed by atoms with Gasteiger partial charge in [-0.2, -0.15) is 0 Å². The predicted molar refractivity (Wildman–Crippen MR) is 108 cm³/mol. The molecule has 1 aliphatic heterocycles. The van der Waals surface area contributed by atoms with Gasteiger partial charge in [-0.25, -0.2) is 0 Å². The standard InChI is InChI=1S/C21H31N5O2/c1-15-11-16(2)13-18(12-15)14-25-7-5-19-23-24-21(26(19)9-8-25)17(3)22-20(27)6-10-28-4/h11-13,17H,5-10,14H2,1-4H3,(H,22,27). The summed E-state index contributed by atoms with van der Waals surface area (Å²) in [5.74, 6) is 1.79. The summed E-state index contributed by atoms with van der Waals surface area (Å²) in [5.41, 5.74) is 3.97. The van der Waals surface area contributed by atoms with Crippen LogP contribution in [-0.2, 0) is 29.0 Å². The molecule has 0 spiro atoms. The molecule has 0 fully saturated rings. The second kappa shape index (κ2) is 9.30. The van der Waals surface area contributed by atoms with Crippen molar-refractivity contribution in [3.63, 3.8) is 0 Å². The third-order valence-corrected chi connectivity index (χ3v) is 5.13. The lowest BCUT2D eigenvalue weighted by Crippen LogP contribution is -2.30. The minimum Gasteiger partial charge on any atom is -0.384 e. The van der Waals surface area contributed by atoms with Crippen molar-refractivity contribution < 1.29 is 9.53 Å². The maximum absolute atomic E-state index is 12.0. The Morgan fingerprint density at radius 1 is 1.18 bits per heavy atom. The number of nitrogens with zero attached hydrogens (tertiary/aromatic N) is 4. The average molecular weight is 386 g/mol. The van der Waals surface area contributed by atoms with Gasteiger partial charge in [-0.1, -0.05) is 29.3 Å². The summed E-state index contributed by atoms with van der Waals surface area (Å²) in [4.78, 5) is 14.5. The second-order valence-corrected chi connectivity index (χ2v) is 7.68. The molecule has 28 heavy (non-hydrogen) atoms. The highest BCUT2D eigenvalue weighted by Gasteiger charge is 2.22. The minimum atomic E-state index is -0.170. The number of methoxy groups -OCH3 is 1. The average Bonchev–Trinajstić information content (AvgIpc) is 2.94. The van der Waals surface area contributed by atoms with Gasteiger partial charge in [0.15, 0.2) is 5.82 Å². The molecule has 1 N–H and O–H groups in total. The lowest BCUT2D eigenvalue weighted by molar-refractivity contribution is -0.122. The van der Waals surface area contributed by atoms with Gasteiger partial charge in [-0.3, -0.25) is 9.69 Å². The molecule has 0 bridgehead atoms. The molecule has 1 amide bonds. The van der Waals surface area contributed by atoms with E-state index in [0.717, 1.165) is 44.2 Å². The van der Waals surface area contributed by atoms with Crippen LogP contribution < -0.4 is 5.32 Å². The number of benzene rings is 1. The van der Waals surface area contributed by atoms with E-state index < -0.39 is 0 Å². The van der Waals surface area contributed by atoms with Crippen LogP contribution in [0.5, 0.6) is 0 Å². The molecule has 2 aromatic rings. The molecule has 3 rings (SSSR count). The molecule has 7 nitrogen and oxygen atoms in total. The molecule has 0 saturated heterocycles. The summed E-state index contributed by atoms with van der Waals surface area (Å²) in [6.45, 7) is 10.4. The first-order valence-electron chi connectivity index (χ1n) is 9.96. The van der Waals surface area contributed by atoms with E-state index in [4.69, 9.17) is 4.74 Å². The lowest BCUT2D eigenvalue weighted by atomic mass is 10.1. The molecule has 1 aromatic heterocycles. The number of hydrogen-bond acceptors (Lipinski definition) is 5. The minimum absolute atomic E-state index is 0.0308. The summed E-state index contributed by atoms with van der Waals surface area (Å²) in [6, 6.07) is 6.57. The Balaban J connectivity index is 1.63. The third kappa shape index (κ3) is 5.17. The van der Waals surface area contributed by atoms with E-state index >= 15 is 0 Å². The van der Waals surface area contributed by atoms with Gasteiger partial charge < -0.3 is 14.6 Å². The highest BCUT2D eigenvalue weighted by Crippen LogP contribution is 2.18. The Labute approximate surface area is 167 Å². The second-order valence-electron chi connectivity index (χ2n) is 7.68. The lowest BCUT2D eigenvalue weighted by Gasteiger charge is -2.20. The molecule has 1 unspecified atom stereocenters. The maximum Gasteiger partial charge on any atom is 0.222 e. The fourth-order valence-electron chi connectivity index (χ4n) is 3.86. The number of amides is 1. The fourth-order valence-corrected chi connectivity index (χ4v) is 3.86. The fraction of sp³-hybridized carbons (Fsp3) is 0.571. The van der Waals surface area contributed by atoms with E-state index in [9.17, 15) is 4.79 Å². The van der Waals surface area contributed by atoms with Gasteiger partial charge in [0.25, 0.3) is 0 Å². The zero-order chi connectivity index (χ0) is 20.1. The summed E-state index contributed by atoms with van der Waals surface area (Å²) < 4.78 is 7.14. The van der Waals surface area contributed by atoms with Gasteiger partial charge >= 0.3 is 0 Å².